The zero-order chi connectivity index (χ0) is 68.6. The van der Waals surface area contributed by atoms with Crippen molar-refractivity contribution in [1.82, 2.24) is 101 Å². The summed E-state index contributed by atoms with van der Waals surface area (Å²) in [5.41, 5.74) is 16.3. The molecular weight excluding hydrogens is 1280 g/mol. The summed E-state index contributed by atoms with van der Waals surface area (Å²) in [6, 6.07) is 53.4. The molecule has 17 rings (SSSR count). The predicted octanol–water partition coefficient (Wildman–Crippen LogP) is 16.5. The van der Waals surface area contributed by atoms with Crippen molar-refractivity contribution >= 4 is 54.9 Å². The second kappa shape index (κ2) is 29.5. The van der Waals surface area contributed by atoms with Crippen LogP contribution in [0.1, 0.15) is 61.8 Å². The number of nitrogens with zero attached hydrogens (tertiary/aromatic N) is 14. The summed E-state index contributed by atoms with van der Waals surface area (Å²) >= 11 is 1.55. The Morgan fingerprint density at radius 3 is 1.50 bits per heavy atom. The molecule has 0 amide bonds. The molecule has 24 heteroatoms. The van der Waals surface area contributed by atoms with Crippen LogP contribution in [-0.4, -0.2) is 127 Å². The van der Waals surface area contributed by atoms with Crippen molar-refractivity contribution in [2.75, 3.05) is 26.2 Å². The standard InChI is InChI=1S/C27H34N6O.C17H15N5.C16H12FN5.C16H11FN4S/c1-19(2)16-25-28-27(32-30-25)21-10-11-24-23(18-21)26(31-29-24)20-8-6-9-22(17-20)34-15-7-14-33-12-4-3-5-13-33;1-10-4-3-5-12(8-10)16-14-9-13(6-7-15(14)20-21-16)17-18-11(2)19-22-17;1-22-9-18-16(21-22)11-4-7-14-13(8-11)15(20-19-14)10-2-5-12(17)6-3-10;1-9-18-21-16(22-9)11-4-7-14-13(8-11)15(20-19-14)10-2-5-12(17)6-3-10/h6,8-11,17-19H,3-5,7,12-16H2,1-2H3,(H,29,31)(H,28,30,32);3-9H,1-2H3,(H,20,21)(H,18,19,22);2-9H,1H3,(H,19,20);2-8H,1H3,(H,19,20). The number of hydrogen-bond acceptors (Lipinski definition) is 15. The molecule has 0 unspecified atom stereocenters. The van der Waals surface area contributed by atoms with E-state index >= 15 is 0 Å². The van der Waals surface area contributed by atoms with Crippen molar-refractivity contribution in [1.29, 1.82) is 0 Å². The van der Waals surface area contributed by atoms with Gasteiger partial charge in [0.2, 0.25) is 0 Å². The van der Waals surface area contributed by atoms with Gasteiger partial charge in [-0.25, -0.2) is 23.7 Å². The maximum absolute atomic E-state index is 13.1. The number of halogens is 2. The monoisotopic (exact) mass is 1350 g/mol. The van der Waals surface area contributed by atoms with Crippen LogP contribution in [0.15, 0.2) is 176 Å². The summed E-state index contributed by atoms with van der Waals surface area (Å²) in [5, 5.41) is 63.1. The molecule has 1 aliphatic heterocycles. The molecule has 0 radical (unpaired) electrons. The molecule has 100 heavy (non-hydrogen) atoms. The van der Waals surface area contributed by atoms with Gasteiger partial charge in [0.15, 0.2) is 17.5 Å². The zero-order valence-corrected chi connectivity index (χ0v) is 56.8. The van der Waals surface area contributed by atoms with Gasteiger partial charge in [-0.2, -0.15) is 35.7 Å². The zero-order valence-electron chi connectivity index (χ0n) is 56.0. The van der Waals surface area contributed by atoms with Crippen molar-refractivity contribution in [2.24, 2.45) is 13.0 Å². The third kappa shape index (κ3) is 15.2. The maximum atomic E-state index is 13.1. The van der Waals surface area contributed by atoms with Gasteiger partial charge in [0.05, 0.1) is 45.8 Å². The van der Waals surface area contributed by atoms with Crippen molar-refractivity contribution in [2.45, 2.75) is 66.7 Å². The molecule has 16 aromatic rings. The van der Waals surface area contributed by atoms with E-state index in [2.05, 4.69) is 160 Å². The van der Waals surface area contributed by atoms with E-state index in [0.717, 1.165) is 170 Å². The molecule has 1 aliphatic rings. The van der Waals surface area contributed by atoms with E-state index in [9.17, 15) is 8.78 Å². The van der Waals surface area contributed by atoms with Gasteiger partial charge in [-0.15, -0.1) is 10.2 Å². The number of hydrogen-bond donors (Lipinski definition) is 6. The van der Waals surface area contributed by atoms with Crippen LogP contribution in [0.4, 0.5) is 8.78 Å². The van der Waals surface area contributed by atoms with E-state index in [0.29, 0.717) is 17.6 Å². The Kier molecular flexibility index (Phi) is 19.3. The Morgan fingerprint density at radius 2 is 0.990 bits per heavy atom. The number of aryl methyl sites for hydroxylation is 4. The highest BCUT2D eigenvalue weighted by Gasteiger charge is 2.18. The van der Waals surface area contributed by atoms with E-state index in [1.165, 1.54) is 62.2 Å². The normalized spacial score (nSPS) is 12.4. The molecule has 1 fully saturated rings. The van der Waals surface area contributed by atoms with Gasteiger partial charge in [0, 0.05) is 86.1 Å². The first-order valence-electron chi connectivity index (χ1n) is 33.2. The van der Waals surface area contributed by atoms with E-state index in [-0.39, 0.29) is 11.6 Å². The molecule has 0 saturated carbocycles. The number of piperidine rings is 1. The minimum Gasteiger partial charge on any atom is -0.494 e. The van der Waals surface area contributed by atoms with Crippen LogP contribution in [-0.2, 0) is 13.5 Å². The molecule has 8 aromatic heterocycles. The molecule has 9 heterocycles. The molecule has 0 bridgehead atoms. The summed E-state index contributed by atoms with van der Waals surface area (Å²) in [4.78, 5) is 15.9. The number of benzene rings is 8. The Hall–Kier alpha value is -11.8. The Bertz CT molecular complexity index is 5280. The van der Waals surface area contributed by atoms with E-state index in [1.54, 1.807) is 46.6 Å². The number of likely N-dealkylation sites (tertiary alicyclic amines) is 1. The molecule has 502 valence electrons. The number of rotatable bonds is 15. The topological polar surface area (TPSA) is 267 Å². The van der Waals surface area contributed by atoms with E-state index < -0.39 is 0 Å². The number of H-pyrrole nitrogens is 6. The van der Waals surface area contributed by atoms with Crippen LogP contribution < -0.4 is 4.74 Å². The second-order valence-electron chi connectivity index (χ2n) is 25.2. The average molecular weight is 1350 g/mol. The third-order valence-electron chi connectivity index (χ3n) is 17.1. The summed E-state index contributed by atoms with van der Waals surface area (Å²) in [6.45, 7) is 14.6. The highest BCUT2D eigenvalue weighted by Crippen LogP contribution is 2.36. The molecule has 1 saturated heterocycles. The van der Waals surface area contributed by atoms with Gasteiger partial charge in [-0.3, -0.25) is 35.3 Å². The van der Waals surface area contributed by atoms with Gasteiger partial charge in [0.25, 0.3) is 0 Å². The molecule has 21 nitrogen and oxygen atoms in total. The fourth-order valence-corrected chi connectivity index (χ4v) is 12.8. The van der Waals surface area contributed by atoms with Crippen molar-refractivity contribution < 1.29 is 13.5 Å². The highest BCUT2D eigenvalue weighted by molar-refractivity contribution is 7.14. The number of nitrogens with one attached hydrogen (secondary N) is 6. The fourth-order valence-electron chi connectivity index (χ4n) is 12.1. The van der Waals surface area contributed by atoms with Crippen molar-refractivity contribution in [3.63, 3.8) is 0 Å². The quantitative estimate of drug-likeness (QED) is 0.0521. The minimum atomic E-state index is -0.262. The maximum Gasteiger partial charge on any atom is 0.181 e. The lowest BCUT2D eigenvalue weighted by Gasteiger charge is -2.26. The first kappa shape index (κ1) is 65.5. The van der Waals surface area contributed by atoms with E-state index in [4.69, 9.17) is 4.74 Å². The highest BCUT2D eigenvalue weighted by atomic mass is 32.1. The first-order valence-corrected chi connectivity index (χ1v) is 34.0. The lowest BCUT2D eigenvalue weighted by atomic mass is 10.0. The van der Waals surface area contributed by atoms with Gasteiger partial charge in [-0.05, 0) is 199 Å². The third-order valence-corrected chi connectivity index (χ3v) is 18.0. The second-order valence-corrected chi connectivity index (χ2v) is 26.3. The summed E-state index contributed by atoms with van der Waals surface area (Å²) in [6.07, 6.45) is 7.64. The molecule has 0 spiro atoms. The molecule has 0 aliphatic carbocycles. The lowest BCUT2D eigenvalue weighted by molar-refractivity contribution is 0.205. The van der Waals surface area contributed by atoms with Crippen LogP contribution in [0.5, 0.6) is 5.75 Å². The first-order chi connectivity index (χ1) is 48.8. The molecule has 8 aromatic carbocycles. The number of fused-ring (bicyclic) bond motifs is 4. The number of aromatic nitrogens is 19. The largest absolute Gasteiger partial charge is 0.494 e. The Balaban J connectivity index is 0.000000116. The SMILES string of the molecule is CC(C)Cc1nc(-c2ccc3[nH]nc(-c4cccc(OCCCN5CCCCC5)c4)c3c2)n[nH]1.Cc1cccc(-c2n[nH]c3ccc(-c4n[nH]c(C)n4)cc23)c1.Cc1nnc(-c2ccc3[nH]nc(-c4ccc(F)cc4)c3c2)s1.Cn1cnc(-c2ccc3[nH]nc(-c4ccc(F)cc4)c3c2)n1. The van der Waals surface area contributed by atoms with Gasteiger partial charge in [0.1, 0.15) is 51.1 Å². The molecule has 6 N–H and O–H groups in total. The number of aromatic amines is 6. The van der Waals surface area contributed by atoms with Crippen LogP contribution in [0.25, 0.3) is 133 Å². The van der Waals surface area contributed by atoms with Crippen LogP contribution in [0.3, 0.4) is 0 Å². The Labute approximate surface area is 578 Å². The predicted molar refractivity (Wildman–Crippen MR) is 389 cm³/mol. The van der Waals surface area contributed by atoms with Crippen LogP contribution in [0, 0.1) is 38.3 Å². The fraction of sp³-hybridized carbons (Fsp3) is 0.211. The van der Waals surface area contributed by atoms with E-state index in [1.807, 2.05) is 99.8 Å². The smallest absolute Gasteiger partial charge is 0.181 e. The molecular formula is C76H72F2N20OS. The Morgan fingerprint density at radius 1 is 0.490 bits per heavy atom. The molecule has 0 atom stereocenters. The van der Waals surface area contributed by atoms with Crippen LogP contribution >= 0.6 is 11.3 Å². The average Bonchev–Trinajstić information content (AvgIpc) is 1.66. The summed E-state index contributed by atoms with van der Waals surface area (Å²) in [7, 11) is 1.83. The van der Waals surface area contributed by atoms with Crippen molar-refractivity contribution in [3.05, 3.63) is 210 Å². The van der Waals surface area contributed by atoms with Crippen molar-refractivity contribution in [3.8, 4) is 95.5 Å². The summed E-state index contributed by atoms with van der Waals surface area (Å²) < 4.78 is 33.9. The lowest BCUT2D eigenvalue weighted by Crippen LogP contribution is -2.31. The minimum absolute atomic E-state index is 0.256. The summed E-state index contributed by atoms with van der Waals surface area (Å²) in [5.74, 6) is 4.71. The van der Waals surface area contributed by atoms with Gasteiger partial charge < -0.3 is 9.64 Å². The van der Waals surface area contributed by atoms with Gasteiger partial charge >= 0.3 is 0 Å². The van der Waals surface area contributed by atoms with Gasteiger partial charge in [-0.1, -0.05) is 67.5 Å². The van der Waals surface area contributed by atoms with Crippen LogP contribution in [0.2, 0.25) is 0 Å². The number of ether oxygens (including phenoxy) is 1.